The van der Waals surface area contributed by atoms with Gasteiger partial charge >= 0.3 is 5.97 Å². The summed E-state index contributed by atoms with van der Waals surface area (Å²) in [5.41, 5.74) is 2.11. The van der Waals surface area contributed by atoms with Gasteiger partial charge in [0.1, 0.15) is 24.4 Å². The van der Waals surface area contributed by atoms with E-state index in [9.17, 15) is 14.7 Å². The van der Waals surface area contributed by atoms with Gasteiger partial charge in [0.15, 0.2) is 5.78 Å². The predicted molar refractivity (Wildman–Crippen MR) is 119 cm³/mol. The summed E-state index contributed by atoms with van der Waals surface area (Å²) < 4.78 is 7.01. The molecule has 0 amide bonds. The Balaban J connectivity index is 1.46. The molecule has 0 saturated heterocycles. The van der Waals surface area contributed by atoms with Crippen LogP contribution in [0.15, 0.2) is 42.5 Å². The first-order valence-corrected chi connectivity index (χ1v) is 10.9. The second-order valence-electron chi connectivity index (χ2n) is 7.71. The number of benzene rings is 2. The largest absolute Gasteiger partial charge is 0.486 e. The number of aryl methyl sites for hydroxylation is 1. The van der Waals surface area contributed by atoms with Crippen molar-refractivity contribution in [1.82, 2.24) is 15.0 Å². The van der Waals surface area contributed by atoms with E-state index in [-0.39, 0.29) is 30.0 Å². The van der Waals surface area contributed by atoms with Gasteiger partial charge in [0.25, 0.3) is 0 Å². The Morgan fingerprint density at radius 1 is 1.00 bits per heavy atom. The maximum Gasteiger partial charge on any atom is 0.338 e. The molecule has 2 aromatic carbocycles. The molecular weight excluding hydrogens is 394 g/mol. The van der Waals surface area contributed by atoms with Gasteiger partial charge in [-0.2, -0.15) is 0 Å². The molecule has 0 bridgehead atoms. The molecule has 0 aliphatic heterocycles. The fourth-order valence-electron chi connectivity index (χ4n) is 3.52. The second kappa shape index (κ2) is 11.2. The van der Waals surface area contributed by atoms with Crippen molar-refractivity contribution in [3.8, 4) is 5.75 Å². The zero-order valence-electron chi connectivity index (χ0n) is 17.9. The van der Waals surface area contributed by atoms with Crippen molar-refractivity contribution in [3.05, 3.63) is 53.6 Å². The molecule has 31 heavy (non-hydrogen) atoms. The monoisotopic (exact) mass is 423 g/mol. The van der Waals surface area contributed by atoms with Crippen molar-refractivity contribution < 1.29 is 19.4 Å². The number of rotatable bonds is 13. The Bertz CT molecular complexity index is 1010. The van der Waals surface area contributed by atoms with Crippen LogP contribution in [0.2, 0.25) is 0 Å². The average Bonchev–Trinajstić information content (AvgIpc) is 3.18. The van der Waals surface area contributed by atoms with Crippen LogP contribution in [0.5, 0.6) is 5.75 Å². The fourth-order valence-corrected chi connectivity index (χ4v) is 3.52. The number of Topliss-reactive ketones (excluding diaryl/α,β-unsaturated/α-hetero) is 1. The first-order valence-electron chi connectivity index (χ1n) is 10.9. The van der Waals surface area contributed by atoms with Gasteiger partial charge in [-0.05, 0) is 42.7 Å². The van der Waals surface area contributed by atoms with Crippen LogP contribution in [-0.2, 0) is 17.8 Å². The number of carboxylic acids is 1. The number of nitrogens with zero attached hydrogens (tertiary/aromatic N) is 3. The van der Waals surface area contributed by atoms with E-state index in [2.05, 4.69) is 17.2 Å². The molecule has 1 N–H and O–H groups in total. The van der Waals surface area contributed by atoms with Crippen LogP contribution >= 0.6 is 0 Å². The van der Waals surface area contributed by atoms with Gasteiger partial charge in [-0.3, -0.25) is 4.79 Å². The third kappa shape index (κ3) is 6.38. The lowest BCUT2D eigenvalue weighted by molar-refractivity contribution is -0.121. The maximum atomic E-state index is 12.3. The zero-order valence-corrected chi connectivity index (χ0v) is 17.9. The first-order chi connectivity index (χ1) is 15.1. The summed E-state index contributed by atoms with van der Waals surface area (Å²) in [6.45, 7) is 2.11. The Hall–Kier alpha value is -3.22. The Kier molecular flexibility index (Phi) is 8.15. The highest BCUT2D eigenvalue weighted by atomic mass is 16.5. The smallest absolute Gasteiger partial charge is 0.338 e. The molecule has 1 heterocycles. The standard InChI is InChI=1S/C24H29N3O4/c1-2-3-4-5-6-7-9-18-12-14-20(15-13-18)31-17-19(28)16-27-22-11-8-10-21(24(29)30)23(22)25-26-27/h8,10-15H,2-7,9,16-17H2,1H3,(H,29,30). The van der Waals surface area contributed by atoms with Gasteiger partial charge < -0.3 is 9.84 Å². The van der Waals surface area contributed by atoms with E-state index in [0.717, 1.165) is 6.42 Å². The lowest BCUT2D eigenvalue weighted by atomic mass is 10.0. The summed E-state index contributed by atoms with van der Waals surface area (Å²) in [4.78, 5) is 23.6. The highest BCUT2D eigenvalue weighted by molar-refractivity contribution is 6.00. The third-order valence-electron chi connectivity index (χ3n) is 5.24. The molecule has 3 aromatic rings. The molecule has 0 radical (unpaired) electrons. The summed E-state index contributed by atoms with van der Waals surface area (Å²) in [5.74, 6) is -0.604. The average molecular weight is 424 g/mol. The fraction of sp³-hybridized carbons (Fsp3) is 0.417. The molecule has 0 aliphatic carbocycles. The van der Waals surface area contributed by atoms with Crippen LogP contribution in [0.4, 0.5) is 0 Å². The SMILES string of the molecule is CCCCCCCCc1ccc(OCC(=O)Cn2nnc3c(C(=O)O)cccc32)cc1. The number of aromatic carboxylic acids is 1. The molecule has 1 aromatic heterocycles. The number of ketones is 1. The predicted octanol–water partition coefficient (Wildman–Crippen LogP) is 4.68. The molecule has 0 saturated carbocycles. The Labute approximate surface area is 182 Å². The van der Waals surface area contributed by atoms with E-state index in [1.807, 2.05) is 24.3 Å². The van der Waals surface area contributed by atoms with E-state index in [1.54, 1.807) is 12.1 Å². The van der Waals surface area contributed by atoms with Crippen LogP contribution in [-0.4, -0.2) is 38.5 Å². The number of hydrogen-bond donors (Lipinski definition) is 1. The molecule has 0 spiro atoms. The van der Waals surface area contributed by atoms with Crippen LogP contribution < -0.4 is 4.74 Å². The number of hydrogen-bond acceptors (Lipinski definition) is 5. The molecule has 0 unspecified atom stereocenters. The second-order valence-corrected chi connectivity index (χ2v) is 7.71. The quantitative estimate of drug-likeness (QED) is 0.401. The van der Waals surface area contributed by atoms with Crippen molar-refractivity contribution in [2.45, 2.75) is 58.4 Å². The van der Waals surface area contributed by atoms with Crippen molar-refractivity contribution in [2.75, 3.05) is 6.61 Å². The topological polar surface area (TPSA) is 94.3 Å². The molecule has 164 valence electrons. The van der Waals surface area contributed by atoms with E-state index in [0.29, 0.717) is 11.3 Å². The van der Waals surface area contributed by atoms with E-state index >= 15 is 0 Å². The van der Waals surface area contributed by atoms with Gasteiger partial charge in [-0.1, -0.05) is 62.4 Å². The van der Waals surface area contributed by atoms with Crippen LogP contribution in [0.1, 0.15) is 61.4 Å². The molecule has 7 nitrogen and oxygen atoms in total. The Morgan fingerprint density at radius 3 is 2.48 bits per heavy atom. The number of unbranched alkanes of at least 4 members (excludes halogenated alkanes) is 5. The van der Waals surface area contributed by atoms with Gasteiger partial charge in [0.2, 0.25) is 0 Å². The summed E-state index contributed by atoms with van der Waals surface area (Å²) in [5, 5.41) is 17.1. The normalized spacial score (nSPS) is 11.0. The molecule has 3 rings (SSSR count). The molecule has 7 heteroatoms. The Morgan fingerprint density at radius 2 is 1.74 bits per heavy atom. The van der Waals surface area contributed by atoms with Crippen LogP contribution in [0, 0.1) is 0 Å². The zero-order chi connectivity index (χ0) is 22.1. The van der Waals surface area contributed by atoms with Crippen LogP contribution in [0.25, 0.3) is 11.0 Å². The maximum absolute atomic E-state index is 12.3. The number of carboxylic acid groups (broad SMARTS) is 1. The van der Waals surface area contributed by atoms with Gasteiger partial charge in [-0.25, -0.2) is 9.48 Å². The molecular formula is C24H29N3O4. The highest BCUT2D eigenvalue weighted by Crippen LogP contribution is 2.17. The lowest BCUT2D eigenvalue weighted by Crippen LogP contribution is -2.18. The molecule has 0 atom stereocenters. The number of fused-ring (bicyclic) bond motifs is 1. The summed E-state index contributed by atoms with van der Waals surface area (Å²) >= 11 is 0. The van der Waals surface area contributed by atoms with Gasteiger partial charge in [-0.15, -0.1) is 5.10 Å². The van der Waals surface area contributed by atoms with Crippen molar-refractivity contribution in [2.24, 2.45) is 0 Å². The van der Waals surface area contributed by atoms with Gasteiger partial charge in [0.05, 0.1) is 11.1 Å². The van der Waals surface area contributed by atoms with Gasteiger partial charge in [0, 0.05) is 0 Å². The summed E-state index contributed by atoms with van der Waals surface area (Å²) in [6.07, 6.45) is 8.73. The summed E-state index contributed by atoms with van der Waals surface area (Å²) in [6, 6.07) is 12.6. The third-order valence-corrected chi connectivity index (χ3v) is 5.24. The minimum absolute atomic E-state index is 0.0321. The minimum atomic E-state index is -1.08. The van der Waals surface area contributed by atoms with Crippen molar-refractivity contribution in [3.63, 3.8) is 0 Å². The number of carbonyl (C=O) groups is 2. The van der Waals surface area contributed by atoms with Crippen molar-refractivity contribution in [1.29, 1.82) is 0 Å². The lowest BCUT2D eigenvalue weighted by Gasteiger charge is -2.07. The first kappa shape index (κ1) is 22.5. The van der Waals surface area contributed by atoms with E-state index in [4.69, 9.17) is 4.74 Å². The summed E-state index contributed by atoms with van der Waals surface area (Å²) in [7, 11) is 0. The number of aromatic nitrogens is 3. The van der Waals surface area contributed by atoms with E-state index in [1.165, 1.54) is 54.8 Å². The minimum Gasteiger partial charge on any atom is -0.486 e. The number of carbonyl (C=O) groups excluding carboxylic acids is 1. The molecule has 0 fully saturated rings. The van der Waals surface area contributed by atoms with Crippen LogP contribution in [0.3, 0.4) is 0 Å². The molecule has 0 aliphatic rings. The number of ether oxygens (including phenoxy) is 1. The highest BCUT2D eigenvalue weighted by Gasteiger charge is 2.15. The van der Waals surface area contributed by atoms with E-state index < -0.39 is 5.97 Å². The van der Waals surface area contributed by atoms with Crippen molar-refractivity contribution >= 4 is 22.8 Å².